The molecular weight excluding hydrogens is 254 g/mol. The SMILES string of the molecule is CCNC(CC1CCCCC1)c1ccc(C(C)(C)C)cc1. The van der Waals surface area contributed by atoms with Crippen molar-refractivity contribution in [2.24, 2.45) is 5.92 Å². The summed E-state index contributed by atoms with van der Waals surface area (Å²) in [5, 5.41) is 3.70. The smallest absolute Gasteiger partial charge is 0.0322 e. The Hall–Kier alpha value is -0.820. The fraction of sp³-hybridized carbons (Fsp3) is 0.700. The van der Waals surface area contributed by atoms with E-state index >= 15 is 0 Å². The van der Waals surface area contributed by atoms with Gasteiger partial charge in [0.25, 0.3) is 0 Å². The first-order valence-electron chi connectivity index (χ1n) is 8.84. The van der Waals surface area contributed by atoms with E-state index in [9.17, 15) is 0 Å². The third kappa shape index (κ3) is 4.85. The van der Waals surface area contributed by atoms with Crippen LogP contribution in [0.4, 0.5) is 0 Å². The molecule has 21 heavy (non-hydrogen) atoms. The Morgan fingerprint density at radius 1 is 1.05 bits per heavy atom. The van der Waals surface area contributed by atoms with Crippen LogP contribution in [0, 0.1) is 5.92 Å². The third-order valence-electron chi connectivity index (χ3n) is 4.92. The van der Waals surface area contributed by atoms with Crippen molar-refractivity contribution in [2.75, 3.05) is 6.54 Å². The molecule has 1 aliphatic carbocycles. The molecule has 0 radical (unpaired) electrons. The average Bonchev–Trinajstić information content (AvgIpc) is 2.47. The largest absolute Gasteiger partial charge is 0.310 e. The Balaban J connectivity index is 2.06. The monoisotopic (exact) mass is 287 g/mol. The normalized spacial score (nSPS) is 18.7. The zero-order valence-electron chi connectivity index (χ0n) is 14.4. The summed E-state index contributed by atoms with van der Waals surface area (Å²) >= 11 is 0. The van der Waals surface area contributed by atoms with Gasteiger partial charge in [-0.15, -0.1) is 0 Å². The lowest BCUT2D eigenvalue weighted by atomic mass is 9.82. The molecule has 1 unspecified atom stereocenters. The summed E-state index contributed by atoms with van der Waals surface area (Å²) in [6.45, 7) is 10.1. The lowest BCUT2D eigenvalue weighted by molar-refractivity contribution is 0.301. The van der Waals surface area contributed by atoms with Gasteiger partial charge >= 0.3 is 0 Å². The number of benzene rings is 1. The summed E-state index contributed by atoms with van der Waals surface area (Å²) in [6, 6.07) is 9.86. The minimum Gasteiger partial charge on any atom is -0.310 e. The lowest BCUT2D eigenvalue weighted by Crippen LogP contribution is -2.24. The van der Waals surface area contributed by atoms with Gasteiger partial charge in [0.15, 0.2) is 0 Å². The highest BCUT2D eigenvalue weighted by molar-refractivity contribution is 5.29. The molecule has 0 saturated heterocycles. The van der Waals surface area contributed by atoms with Crippen molar-refractivity contribution in [3.05, 3.63) is 35.4 Å². The van der Waals surface area contributed by atoms with Crippen LogP contribution in [-0.4, -0.2) is 6.54 Å². The standard InChI is InChI=1S/C20H33N/c1-5-21-19(15-16-9-7-6-8-10-16)17-11-13-18(14-12-17)20(2,3)4/h11-14,16,19,21H,5-10,15H2,1-4H3. The van der Waals surface area contributed by atoms with Gasteiger partial charge in [0.1, 0.15) is 0 Å². The second-order valence-corrected chi connectivity index (χ2v) is 7.72. The Bertz CT molecular complexity index is 406. The Morgan fingerprint density at radius 3 is 2.19 bits per heavy atom. The van der Waals surface area contributed by atoms with Crippen LogP contribution < -0.4 is 5.32 Å². The molecule has 1 saturated carbocycles. The van der Waals surface area contributed by atoms with Gasteiger partial charge in [-0.05, 0) is 35.4 Å². The summed E-state index contributed by atoms with van der Waals surface area (Å²) in [6.07, 6.45) is 8.49. The highest BCUT2D eigenvalue weighted by atomic mass is 14.9. The van der Waals surface area contributed by atoms with E-state index in [-0.39, 0.29) is 5.41 Å². The maximum absolute atomic E-state index is 3.70. The molecule has 0 aromatic heterocycles. The third-order valence-corrected chi connectivity index (χ3v) is 4.92. The van der Waals surface area contributed by atoms with Crippen molar-refractivity contribution in [1.29, 1.82) is 0 Å². The first kappa shape index (κ1) is 16.5. The second kappa shape index (κ2) is 7.45. The molecule has 0 heterocycles. The lowest BCUT2D eigenvalue weighted by Gasteiger charge is -2.28. The molecular formula is C20H33N. The molecule has 0 spiro atoms. The highest BCUT2D eigenvalue weighted by Gasteiger charge is 2.20. The summed E-state index contributed by atoms with van der Waals surface area (Å²) in [7, 11) is 0. The Labute approximate surface area is 131 Å². The molecule has 1 heteroatoms. The van der Waals surface area contributed by atoms with Crippen LogP contribution in [0.2, 0.25) is 0 Å². The number of hydrogen-bond donors (Lipinski definition) is 1. The molecule has 1 aromatic carbocycles. The van der Waals surface area contributed by atoms with Gasteiger partial charge in [-0.1, -0.05) is 84.1 Å². The van der Waals surface area contributed by atoms with Crippen LogP contribution in [0.15, 0.2) is 24.3 Å². The molecule has 1 aromatic rings. The van der Waals surface area contributed by atoms with E-state index in [0.717, 1.165) is 12.5 Å². The van der Waals surface area contributed by atoms with Crippen LogP contribution in [-0.2, 0) is 5.41 Å². The van der Waals surface area contributed by atoms with Gasteiger partial charge < -0.3 is 5.32 Å². The molecule has 1 atom stereocenters. The molecule has 1 N–H and O–H groups in total. The van der Waals surface area contributed by atoms with E-state index in [0.29, 0.717) is 6.04 Å². The van der Waals surface area contributed by atoms with Gasteiger partial charge in [0.05, 0.1) is 0 Å². The minimum atomic E-state index is 0.246. The predicted octanol–water partition coefficient (Wildman–Crippen LogP) is 5.61. The zero-order chi connectivity index (χ0) is 15.3. The molecule has 1 nitrogen and oxygen atoms in total. The zero-order valence-corrected chi connectivity index (χ0v) is 14.4. The molecule has 1 fully saturated rings. The maximum atomic E-state index is 3.70. The van der Waals surface area contributed by atoms with Gasteiger partial charge in [-0.3, -0.25) is 0 Å². The van der Waals surface area contributed by atoms with Gasteiger partial charge in [0.2, 0.25) is 0 Å². The van der Waals surface area contributed by atoms with Crippen molar-refractivity contribution in [3.8, 4) is 0 Å². The van der Waals surface area contributed by atoms with E-state index in [1.807, 2.05) is 0 Å². The molecule has 0 aliphatic heterocycles. The quantitative estimate of drug-likeness (QED) is 0.742. The van der Waals surface area contributed by atoms with E-state index in [2.05, 4.69) is 57.3 Å². The van der Waals surface area contributed by atoms with Gasteiger partial charge in [-0.25, -0.2) is 0 Å². The Kier molecular flexibility index (Phi) is 5.87. The fourth-order valence-electron chi connectivity index (χ4n) is 3.56. The average molecular weight is 287 g/mol. The van der Waals surface area contributed by atoms with Crippen LogP contribution in [0.5, 0.6) is 0 Å². The number of hydrogen-bond acceptors (Lipinski definition) is 1. The van der Waals surface area contributed by atoms with Crippen LogP contribution in [0.25, 0.3) is 0 Å². The first-order chi connectivity index (χ1) is 10.0. The fourth-order valence-corrected chi connectivity index (χ4v) is 3.56. The summed E-state index contributed by atoms with van der Waals surface area (Å²) in [5.41, 5.74) is 3.14. The predicted molar refractivity (Wildman–Crippen MR) is 92.8 cm³/mol. The maximum Gasteiger partial charge on any atom is 0.0322 e. The molecule has 0 bridgehead atoms. The van der Waals surface area contributed by atoms with E-state index < -0.39 is 0 Å². The molecule has 2 rings (SSSR count). The van der Waals surface area contributed by atoms with Gasteiger partial charge in [0, 0.05) is 6.04 Å². The highest BCUT2D eigenvalue weighted by Crippen LogP contribution is 2.32. The van der Waals surface area contributed by atoms with Crippen LogP contribution in [0.1, 0.15) is 83.4 Å². The summed E-state index contributed by atoms with van der Waals surface area (Å²) in [5.74, 6) is 0.921. The molecule has 0 amide bonds. The number of rotatable bonds is 5. The topological polar surface area (TPSA) is 12.0 Å². The summed E-state index contributed by atoms with van der Waals surface area (Å²) < 4.78 is 0. The molecule has 118 valence electrons. The summed E-state index contributed by atoms with van der Waals surface area (Å²) in [4.78, 5) is 0. The Morgan fingerprint density at radius 2 is 1.67 bits per heavy atom. The van der Waals surface area contributed by atoms with E-state index in [1.165, 1.54) is 49.7 Å². The van der Waals surface area contributed by atoms with E-state index in [1.54, 1.807) is 0 Å². The first-order valence-corrected chi connectivity index (χ1v) is 8.84. The van der Waals surface area contributed by atoms with Crippen LogP contribution >= 0.6 is 0 Å². The second-order valence-electron chi connectivity index (χ2n) is 7.72. The van der Waals surface area contributed by atoms with Gasteiger partial charge in [-0.2, -0.15) is 0 Å². The molecule has 1 aliphatic rings. The van der Waals surface area contributed by atoms with Crippen molar-refractivity contribution >= 4 is 0 Å². The minimum absolute atomic E-state index is 0.246. The van der Waals surface area contributed by atoms with Crippen molar-refractivity contribution in [2.45, 2.75) is 77.7 Å². The van der Waals surface area contributed by atoms with Crippen molar-refractivity contribution in [1.82, 2.24) is 5.32 Å². The van der Waals surface area contributed by atoms with Crippen molar-refractivity contribution in [3.63, 3.8) is 0 Å². The van der Waals surface area contributed by atoms with Crippen molar-refractivity contribution < 1.29 is 0 Å². The number of nitrogens with one attached hydrogen (secondary N) is 1. The van der Waals surface area contributed by atoms with Crippen LogP contribution in [0.3, 0.4) is 0 Å². The van der Waals surface area contributed by atoms with E-state index in [4.69, 9.17) is 0 Å².